The van der Waals surface area contributed by atoms with E-state index in [9.17, 15) is 10.2 Å². The van der Waals surface area contributed by atoms with Gasteiger partial charge in [0.1, 0.15) is 6.10 Å². The Labute approximate surface area is 100 Å². The molecule has 0 heterocycles. The molecule has 0 aromatic heterocycles. The van der Waals surface area contributed by atoms with Crippen molar-refractivity contribution in [3.63, 3.8) is 0 Å². The predicted octanol–water partition coefficient (Wildman–Crippen LogP) is 1.24. The topological polar surface area (TPSA) is 60.7 Å². The fraction of sp³-hybridized carbons (Fsp3) is 0.500. The van der Waals surface area contributed by atoms with Gasteiger partial charge in [-0.25, -0.2) is 0 Å². The maximum absolute atomic E-state index is 9.78. The summed E-state index contributed by atoms with van der Waals surface area (Å²) in [6, 6.07) is 7.19. The third-order valence-electron chi connectivity index (χ3n) is 2.49. The van der Waals surface area contributed by atoms with Crippen LogP contribution in [0.15, 0.2) is 24.3 Å². The molecule has 0 radical (unpaired) electrons. The van der Waals surface area contributed by atoms with Gasteiger partial charge in [0, 0.05) is 12.5 Å². The Morgan fingerprint density at radius 3 is 2.25 bits per heavy atom. The van der Waals surface area contributed by atoms with Gasteiger partial charge < -0.3 is 15.3 Å². The zero-order valence-electron chi connectivity index (χ0n) is 9.01. The van der Waals surface area contributed by atoms with Crippen LogP contribution in [0.3, 0.4) is 0 Å². The molecular weight excluding hydrogens is 228 g/mol. The van der Waals surface area contributed by atoms with Gasteiger partial charge in [-0.15, -0.1) is 11.6 Å². The van der Waals surface area contributed by atoms with Gasteiger partial charge in [-0.2, -0.15) is 0 Å². The van der Waals surface area contributed by atoms with E-state index < -0.39 is 12.2 Å². The number of aliphatic hydroxyl groups is 3. The number of aliphatic hydroxyl groups excluding tert-OH is 3. The van der Waals surface area contributed by atoms with Gasteiger partial charge in [0.25, 0.3) is 0 Å². The van der Waals surface area contributed by atoms with Crippen molar-refractivity contribution in [3.05, 3.63) is 35.4 Å². The third-order valence-corrected chi connectivity index (χ3v) is 2.71. The lowest BCUT2D eigenvalue weighted by atomic mass is 10.0. The lowest BCUT2D eigenvalue weighted by Gasteiger charge is -2.17. The molecule has 0 fully saturated rings. The van der Waals surface area contributed by atoms with E-state index in [1.807, 2.05) is 12.1 Å². The maximum atomic E-state index is 9.78. The van der Waals surface area contributed by atoms with E-state index in [1.165, 1.54) is 0 Å². The summed E-state index contributed by atoms with van der Waals surface area (Å²) in [5, 5.41) is 28.1. The minimum Gasteiger partial charge on any atom is -0.396 e. The lowest BCUT2D eigenvalue weighted by molar-refractivity contribution is 0.0170. The van der Waals surface area contributed by atoms with Crippen LogP contribution < -0.4 is 0 Å². The molecule has 3 N–H and O–H groups in total. The molecule has 0 bridgehead atoms. The molecule has 16 heavy (non-hydrogen) atoms. The van der Waals surface area contributed by atoms with Crippen molar-refractivity contribution in [2.45, 2.75) is 25.0 Å². The van der Waals surface area contributed by atoms with Gasteiger partial charge in [-0.1, -0.05) is 24.3 Å². The third kappa shape index (κ3) is 3.76. The van der Waals surface area contributed by atoms with Crippen LogP contribution in [0, 0.1) is 0 Å². The minimum absolute atomic E-state index is 0.108. The molecule has 2 atom stereocenters. The monoisotopic (exact) mass is 244 g/mol. The highest BCUT2D eigenvalue weighted by molar-refractivity contribution is 6.17. The van der Waals surface area contributed by atoms with Crippen LogP contribution in [0.5, 0.6) is 0 Å². The molecule has 0 amide bonds. The molecule has 0 aliphatic carbocycles. The Kier molecular flexibility index (Phi) is 5.77. The molecule has 0 saturated carbocycles. The molecule has 3 nitrogen and oxygen atoms in total. The molecular formula is C12H17ClO3. The molecule has 2 unspecified atom stereocenters. The molecule has 90 valence electrons. The van der Waals surface area contributed by atoms with Crippen LogP contribution in [0.2, 0.25) is 0 Å². The Bertz CT molecular complexity index is 300. The fourth-order valence-corrected chi connectivity index (χ4v) is 1.73. The summed E-state index contributed by atoms with van der Waals surface area (Å²) >= 11 is 5.50. The molecule has 0 spiro atoms. The molecule has 1 aromatic rings. The average molecular weight is 245 g/mol. The van der Waals surface area contributed by atoms with E-state index in [-0.39, 0.29) is 6.61 Å². The summed E-state index contributed by atoms with van der Waals surface area (Å²) in [7, 11) is 0. The van der Waals surface area contributed by atoms with Crippen LogP contribution >= 0.6 is 11.6 Å². The Balaban J connectivity index is 2.65. The second kappa shape index (κ2) is 6.86. The number of rotatable bonds is 6. The van der Waals surface area contributed by atoms with Gasteiger partial charge in [0.2, 0.25) is 0 Å². The second-order valence-corrected chi connectivity index (χ2v) is 4.08. The summed E-state index contributed by atoms with van der Waals surface area (Å²) in [6.45, 7) is 0.108. The van der Waals surface area contributed by atoms with E-state index in [2.05, 4.69) is 0 Å². The summed E-state index contributed by atoms with van der Waals surface area (Å²) in [4.78, 5) is 0. The van der Waals surface area contributed by atoms with Gasteiger partial charge >= 0.3 is 0 Å². The van der Waals surface area contributed by atoms with Crippen molar-refractivity contribution in [1.29, 1.82) is 0 Å². The Morgan fingerprint density at radius 2 is 1.75 bits per heavy atom. The first-order chi connectivity index (χ1) is 7.69. The molecule has 0 aliphatic heterocycles. The smallest absolute Gasteiger partial charge is 0.105 e. The van der Waals surface area contributed by atoms with Crippen LogP contribution in [0.25, 0.3) is 0 Å². The van der Waals surface area contributed by atoms with E-state index in [0.717, 1.165) is 5.56 Å². The van der Waals surface area contributed by atoms with E-state index >= 15 is 0 Å². The normalized spacial score (nSPS) is 14.8. The van der Waals surface area contributed by atoms with E-state index in [0.29, 0.717) is 24.3 Å². The summed E-state index contributed by atoms with van der Waals surface area (Å²) < 4.78 is 0. The van der Waals surface area contributed by atoms with Crippen molar-refractivity contribution in [2.75, 3.05) is 12.5 Å². The van der Waals surface area contributed by atoms with Crippen molar-refractivity contribution >= 4 is 11.6 Å². The second-order valence-electron chi connectivity index (χ2n) is 3.71. The van der Waals surface area contributed by atoms with Crippen molar-refractivity contribution in [1.82, 2.24) is 0 Å². The SMILES string of the molecule is OCCc1ccc(C(O)C(O)CCCl)cc1. The number of hydrogen-bond donors (Lipinski definition) is 3. The molecule has 0 aliphatic rings. The first-order valence-electron chi connectivity index (χ1n) is 5.31. The highest BCUT2D eigenvalue weighted by atomic mass is 35.5. The van der Waals surface area contributed by atoms with Crippen molar-refractivity contribution in [3.8, 4) is 0 Å². The standard InChI is InChI=1S/C12H17ClO3/c13-7-5-11(15)12(16)10-3-1-9(2-4-10)6-8-14/h1-4,11-12,14-16H,5-8H2. The Morgan fingerprint density at radius 1 is 1.12 bits per heavy atom. The first kappa shape index (κ1) is 13.5. The number of alkyl halides is 1. The highest BCUT2D eigenvalue weighted by Gasteiger charge is 2.17. The predicted molar refractivity (Wildman–Crippen MR) is 63.5 cm³/mol. The largest absolute Gasteiger partial charge is 0.396 e. The van der Waals surface area contributed by atoms with Gasteiger partial charge in [-0.05, 0) is 24.0 Å². The highest BCUT2D eigenvalue weighted by Crippen LogP contribution is 2.19. The maximum Gasteiger partial charge on any atom is 0.105 e. The molecule has 4 heteroatoms. The van der Waals surface area contributed by atoms with Crippen LogP contribution in [0.4, 0.5) is 0 Å². The zero-order valence-corrected chi connectivity index (χ0v) is 9.77. The minimum atomic E-state index is -0.901. The van der Waals surface area contributed by atoms with E-state index in [1.54, 1.807) is 12.1 Å². The summed E-state index contributed by atoms with van der Waals surface area (Å²) in [5.41, 5.74) is 1.67. The van der Waals surface area contributed by atoms with Crippen molar-refractivity contribution < 1.29 is 15.3 Å². The van der Waals surface area contributed by atoms with E-state index in [4.69, 9.17) is 16.7 Å². The molecule has 0 saturated heterocycles. The van der Waals surface area contributed by atoms with Gasteiger partial charge in [0.05, 0.1) is 6.10 Å². The van der Waals surface area contributed by atoms with Crippen LogP contribution in [0.1, 0.15) is 23.7 Å². The van der Waals surface area contributed by atoms with Gasteiger partial charge in [-0.3, -0.25) is 0 Å². The first-order valence-corrected chi connectivity index (χ1v) is 5.84. The fourth-order valence-electron chi connectivity index (χ4n) is 1.50. The van der Waals surface area contributed by atoms with Crippen LogP contribution in [-0.4, -0.2) is 33.9 Å². The lowest BCUT2D eigenvalue weighted by Crippen LogP contribution is -2.18. The number of benzene rings is 1. The molecule has 1 aromatic carbocycles. The van der Waals surface area contributed by atoms with Crippen molar-refractivity contribution in [2.24, 2.45) is 0 Å². The molecule has 1 rings (SSSR count). The zero-order chi connectivity index (χ0) is 12.0. The summed E-state index contributed by atoms with van der Waals surface area (Å²) in [5.74, 6) is 0.320. The number of hydrogen-bond acceptors (Lipinski definition) is 3. The number of halogens is 1. The quantitative estimate of drug-likeness (QED) is 0.660. The van der Waals surface area contributed by atoms with Crippen LogP contribution in [-0.2, 0) is 6.42 Å². The summed E-state index contributed by atoms with van der Waals surface area (Å²) in [6.07, 6.45) is -0.773. The Hall–Kier alpha value is -0.610. The average Bonchev–Trinajstić information content (AvgIpc) is 2.30. The van der Waals surface area contributed by atoms with Gasteiger partial charge in [0.15, 0.2) is 0 Å².